The summed E-state index contributed by atoms with van der Waals surface area (Å²) in [6.07, 6.45) is 3.41. The molecule has 2 rings (SSSR count). The minimum Gasteiger partial charge on any atom is -0.317 e. The third kappa shape index (κ3) is 3.46. The van der Waals surface area contributed by atoms with Gasteiger partial charge in [-0.3, -0.25) is 0 Å². The smallest absolute Gasteiger partial charge is 0.130 e. The number of rotatable bonds is 3. The fraction of sp³-hybridized carbons (Fsp3) is 0.600. The van der Waals surface area contributed by atoms with Crippen LogP contribution >= 0.6 is 11.6 Å². The minimum atomic E-state index is -1.32. The Morgan fingerprint density at radius 3 is 2.56 bits per heavy atom. The first-order valence-corrected chi connectivity index (χ1v) is 7.03. The summed E-state index contributed by atoms with van der Waals surface area (Å²) >= 11 is 6.27. The van der Waals surface area contributed by atoms with E-state index in [9.17, 15) is 4.39 Å². The van der Waals surface area contributed by atoms with Crippen LogP contribution in [0.4, 0.5) is 4.39 Å². The minimum absolute atomic E-state index is 0.654. The van der Waals surface area contributed by atoms with E-state index in [1.807, 2.05) is 12.1 Å². The van der Waals surface area contributed by atoms with Crippen molar-refractivity contribution in [3.63, 3.8) is 0 Å². The van der Waals surface area contributed by atoms with Gasteiger partial charge in [-0.2, -0.15) is 0 Å². The van der Waals surface area contributed by atoms with E-state index in [1.54, 1.807) is 19.9 Å². The summed E-state index contributed by atoms with van der Waals surface area (Å²) < 4.78 is 13.8. The van der Waals surface area contributed by atoms with E-state index in [0.29, 0.717) is 16.5 Å². The summed E-state index contributed by atoms with van der Waals surface area (Å²) in [6.45, 7) is 5.31. The van der Waals surface area contributed by atoms with Gasteiger partial charge >= 0.3 is 0 Å². The molecule has 100 valence electrons. The van der Waals surface area contributed by atoms with Crippen LogP contribution in [0.25, 0.3) is 0 Å². The summed E-state index contributed by atoms with van der Waals surface area (Å²) in [5.41, 5.74) is 0.481. The molecule has 1 fully saturated rings. The molecule has 18 heavy (non-hydrogen) atoms. The standard InChI is InChI=1S/C15H21ClFN/c1-15(2,17)13-4-3-12(14(16)10-13)9-11-5-7-18-8-6-11/h3-4,10-11,18H,5-9H2,1-2H3. The summed E-state index contributed by atoms with van der Waals surface area (Å²) in [5.74, 6) is 0.702. The Morgan fingerprint density at radius 2 is 2.00 bits per heavy atom. The molecule has 0 bridgehead atoms. The van der Waals surface area contributed by atoms with Crippen molar-refractivity contribution in [1.29, 1.82) is 0 Å². The maximum Gasteiger partial charge on any atom is 0.130 e. The molecule has 3 heteroatoms. The van der Waals surface area contributed by atoms with Crippen molar-refractivity contribution in [2.45, 2.75) is 38.8 Å². The maximum absolute atomic E-state index is 13.8. The molecule has 0 amide bonds. The van der Waals surface area contributed by atoms with E-state index in [2.05, 4.69) is 5.32 Å². The number of benzene rings is 1. The Balaban J connectivity index is 2.09. The topological polar surface area (TPSA) is 12.0 Å². The lowest BCUT2D eigenvalue weighted by molar-refractivity contribution is 0.221. The Bertz CT molecular complexity index is 405. The Morgan fingerprint density at radius 1 is 1.33 bits per heavy atom. The molecule has 1 nitrogen and oxygen atoms in total. The second-order valence-electron chi connectivity index (χ2n) is 5.68. The van der Waals surface area contributed by atoms with E-state index in [0.717, 1.165) is 25.1 Å². The third-order valence-corrected chi connectivity index (χ3v) is 4.06. The van der Waals surface area contributed by atoms with E-state index in [1.165, 1.54) is 12.8 Å². The predicted molar refractivity (Wildman–Crippen MR) is 74.9 cm³/mol. The second-order valence-corrected chi connectivity index (χ2v) is 6.08. The zero-order valence-electron chi connectivity index (χ0n) is 11.1. The van der Waals surface area contributed by atoms with Crippen LogP contribution in [0.3, 0.4) is 0 Å². The summed E-state index contributed by atoms with van der Waals surface area (Å²) in [4.78, 5) is 0. The molecule has 1 aromatic rings. The highest BCUT2D eigenvalue weighted by Gasteiger charge is 2.21. The van der Waals surface area contributed by atoms with Gasteiger partial charge in [0.05, 0.1) is 0 Å². The van der Waals surface area contributed by atoms with Gasteiger partial charge in [0.2, 0.25) is 0 Å². The van der Waals surface area contributed by atoms with E-state index in [4.69, 9.17) is 11.6 Å². The van der Waals surface area contributed by atoms with Crippen LogP contribution < -0.4 is 5.32 Å². The number of halogens is 2. The molecule has 0 saturated carbocycles. The van der Waals surface area contributed by atoms with Crippen LogP contribution in [0, 0.1) is 5.92 Å². The highest BCUT2D eigenvalue weighted by atomic mass is 35.5. The van der Waals surface area contributed by atoms with Gasteiger partial charge in [0.25, 0.3) is 0 Å². The maximum atomic E-state index is 13.8. The van der Waals surface area contributed by atoms with Gasteiger partial charge in [0, 0.05) is 5.02 Å². The molecule has 0 spiro atoms. The molecular weight excluding hydrogens is 249 g/mol. The van der Waals surface area contributed by atoms with Crippen LogP contribution in [0.2, 0.25) is 5.02 Å². The molecule has 0 unspecified atom stereocenters. The number of hydrogen-bond acceptors (Lipinski definition) is 1. The van der Waals surface area contributed by atoms with Gasteiger partial charge in [0.15, 0.2) is 0 Å². The molecule has 1 aromatic carbocycles. The Kier molecular flexibility index (Phi) is 4.29. The van der Waals surface area contributed by atoms with Crippen molar-refractivity contribution in [2.75, 3.05) is 13.1 Å². The van der Waals surface area contributed by atoms with Gasteiger partial charge in [0.1, 0.15) is 5.67 Å². The highest BCUT2D eigenvalue weighted by molar-refractivity contribution is 6.31. The summed E-state index contributed by atoms with van der Waals surface area (Å²) in [6, 6.07) is 5.63. The lowest BCUT2D eigenvalue weighted by Crippen LogP contribution is -2.28. The zero-order chi connectivity index (χ0) is 13.2. The van der Waals surface area contributed by atoms with Gasteiger partial charge in [-0.15, -0.1) is 0 Å². The first kappa shape index (κ1) is 13.8. The van der Waals surface area contributed by atoms with Crippen molar-refractivity contribution in [2.24, 2.45) is 5.92 Å². The van der Waals surface area contributed by atoms with Crippen LogP contribution in [0.5, 0.6) is 0 Å². The molecule has 0 radical (unpaired) electrons. The normalized spacial score (nSPS) is 18.0. The number of nitrogens with one attached hydrogen (secondary N) is 1. The second kappa shape index (κ2) is 5.58. The quantitative estimate of drug-likeness (QED) is 0.872. The van der Waals surface area contributed by atoms with Crippen LogP contribution in [-0.2, 0) is 12.1 Å². The van der Waals surface area contributed by atoms with E-state index < -0.39 is 5.67 Å². The predicted octanol–water partition coefficient (Wildman–Crippen LogP) is 4.09. The first-order valence-electron chi connectivity index (χ1n) is 6.65. The van der Waals surface area contributed by atoms with Gasteiger partial charge in [-0.25, -0.2) is 4.39 Å². The van der Waals surface area contributed by atoms with Crippen molar-refractivity contribution in [1.82, 2.24) is 5.32 Å². The van der Waals surface area contributed by atoms with Crippen molar-refractivity contribution >= 4 is 11.6 Å². The van der Waals surface area contributed by atoms with E-state index in [-0.39, 0.29) is 0 Å². The Labute approximate surface area is 114 Å². The average molecular weight is 270 g/mol. The van der Waals surface area contributed by atoms with Crippen LogP contribution in [0.15, 0.2) is 18.2 Å². The van der Waals surface area contributed by atoms with Gasteiger partial charge in [-0.05, 0) is 69.3 Å². The molecule has 1 N–H and O–H groups in total. The number of alkyl halides is 1. The first-order chi connectivity index (χ1) is 8.47. The summed E-state index contributed by atoms with van der Waals surface area (Å²) in [5, 5.41) is 4.07. The lowest BCUT2D eigenvalue weighted by Gasteiger charge is -2.23. The number of piperidine rings is 1. The molecule has 1 heterocycles. The van der Waals surface area contributed by atoms with Crippen molar-refractivity contribution in [3.8, 4) is 0 Å². The van der Waals surface area contributed by atoms with E-state index >= 15 is 0 Å². The third-order valence-electron chi connectivity index (χ3n) is 3.71. The van der Waals surface area contributed by atoms with Gasteiger partial charge in [-0.1, -0.05) is 23.7 Å². The molecule has 1 aliphatic heterocycles. The molecule has 1 saturated heterocycles. The van der Waals surface area contributed by atoms with Gasteiger partial charge < -0.3 is 5.32 Å². The molecule has 0 aliphatic carbocycles. The SMILES string of the molecule is CC(C)(F)c1ccc(CC2CCNCC2)c(Cl)c1. The fourth-order valence-electron chi connectivity index (χ4n) is 2.48. The monoisotopic (exact) mass is 269 g/mol. The number of hydrogen-bond donors (Lipinski definition) is 1. The van der Waals surface area contributed by atoms with Crippen molar-refractivity contribution < 1.29 is 4.39 Å². The molecule has 0 atom stereocenters. The fourth-order valence-corrected chi connectivity index (χ4v) is 2.74. The average Bonchev–Trinajstić information content (AvgIpc) is 2.32. The lowest BCUT2D eigenvalue weighted by atomic mass is 9.89. The molecular formula is C15H21ClFN. The van der Waals surface area contributed by atoms with Crippen molar-refractivity contribution in [3.05, 3.63) is 34.3 Å². The summed E-state index contributed by atoms with van der Waals surface area (Å²) in [7, 11) is 0. The molecule has 1 aliphatic rings. The zero-order valence-corrected chi connectivity index (χ0v) is 11.9. The largest absolute Gasteiger partial charge is 0.317 e. The Hall–Kier alpha value is -0.600. The van der Waals surface area contributed by atoms with Crippen LogP contribution in [-0.4, -0.2) is 13.1 Å². The highest BCUT2D eigenvalue weighted by Crippen LogP contribution is 2.30. The molecule has 0 aromatic heterocycles. The van der Waals surface area contributed by atoms with Crippen LogP contribution in [0.1, 0.15) is 37.8 Å².